The number of hydrogen-bond acceptors (Lipinski definition) is 3. The largest absolute Gasteiger partial charge is 0.368 e. The lowest BCUT2D eigenvalue weighted by atomic mass is 10.4. The van der Waals surface area contributed by atoms with Gasteiger partial charge in [-0.1, -0.05) is 0 Å². The highest BCUT2D eigenvalue weighted by Crippen LogP contribution is 2.13. The molecule has 0 saturated carbocycles. The number of carbonyl (C=O) groups is 1. The lowest BCUT2D eigenvalue weighted by molar-refractivity contribution is -0.116. The highest BCUT2D eigenvalue weighted by molar-refractivity contribution is 8.01. The van der Waals surface area contributed by atoms with Gasteiger partial charge in [-0.3, -0.25) is 9.79 Å². The zero-order valence-corrected chi connectivity index (χ0v) is 5.02. The molecule has 8 heavy (non-hydrogen) atoms. The van der Waals surface area contributed by atoms with Gasteiger partial charge in [0.2, 0.25) is 5.91 Å². The summed E-state index contributed by atoms with van der Waals surface area (Å²) in [7, 11) is 0. The minimum absolute atomic E-state index is 0.171. The molecule has 1 atom stereocenters. The van der Waals surface area contributed by atoms with E-state index < -0.39 is 0 Å². The molecular weight excluding hydrogens is 124 g/mol. The maximum Gasteiger partial charge on any atom is 0.236 e. The SMILES string of the molecule is NC(=O)C1C=NCS1. The molecule has 1 unspecified atom stereocenters. The summed E-state index contributed by atoms with van der Waals surface area (Å²) in [4.78, 5) is 14.1. The third kappa shape index (κ3) is 1.01. The van der Waals surface area contributed by atoms with E-state index in [1.165, 1.54) is 11.8 Å². The fraction of sp³-hybridized carbons (Fsp3) is 0.500. The Morgan fingerprint density at radius 3 is 3.00 bits per heavy atom. The van der Waals surface area contributed by atoms with Crippen molar-refractivity contribution in [2.24, 2.45) is 10.7 Å². The topological polar surface area (TPSA) is 55.5 Å². The highest BCUT2D eigenvalue weighted by Gasteiger charge is 2.15. The Labute approximate surface area is 51.3 Å². The van der Waals surface area contributed by atoms with Gasteiger partial charge in [-0.2, -0.15) is 0 Å². The average Bonchev–Trinajstić information content (AvgIpc) is 2.12. The molecule has 3 nitrogen and oxygen atoms in total. The molecule has 1 rings (SSSR count). The van der Waals surface area contributed by atoms with E-state index in [0.29, 0.717) is 5.88 Å². The van der Waals surface area contributed by atoms with Crippen molar-refractivity contribution >= 4 is 23.9 Å². The van der Waals surface area contributed by atoms with Gasteiger partial charge < -0.3 is 5.73 Å². The smallest absolute Gasteiger partial charge is 0.236 e. The number of hydrogen-bond donors (Lipinski definition) is 1. The average molecular weight is 130 g/mol. The molecular formula is C4H6N2OS. The first-order chi connectivity index (χ1) is 3.80. The summed E-state index contributed by atoms with van der Waals surface area (Å²) < 4.78 is 0. The minimum atomic E-state index is -0.295. The van der Waals surface area contributed by atoms with Crippen molar-refractivity contribution in [3.8, 4) is 0 Å². The Morgan fingerprint density at radius 2 is 2.75 bits per heavy atom. The van der Waals surface area contributed by atoms with E-state index >= 15 is 0 Å². The van der Waals surface area contributed by atoms with Crippen molar-refractivity contribution < 1.29 is 4.79 Å². The Hall–Kier alpha value is -0.510. The van der Waals surface area contributed by atoms with Crippen LogP contribution in [0.2, 0.25) is 0 Å². The number of aliphatic imine (C=N–C) groups is 1. The number of carbonyl (C=O) groups excluding carboxylic acids is 1. The second-order valence-corrected chi connectivity index (χ2v) is 2.55. The first-order valence-corrected chi connectivity index (χ1v) is 3.26. The molecule has 0 aromatic heterocycles. The summed E-state index contributed by atoms with van der Waals surface area (Å²) in [5.74, 6) is 0.379. The summed E-state index contributed by atoms with van der Waals surface area (Å²) in [6.07, 6.45) is 1.59. The molecule has 1 aliphatic heterocycles. The Kier molecular flexibility index (Phi) is 1.53. The molecule has 0 radical (unpaired) electrons. The van der Waals surface area contributed by atoms with Gasteiger partial charge in [0.05, 0.1) is 5.88 Å². The van der Waals surface area contributed by atoms with Crippen LogP contribution >= 0.6 is 11.8 Å². The van der Waals surface area contributed by atoms with Crippen molar-refractivity contribution in [1.82, 2.24) is 0 Å². The van der Waals surface area contributed by atoms with Crippen molar-refractivity contribution in [3.05, 3.63) is 0 Å². The molecule has 0 aliphatic carbocycles. The zero-order valence-electron chi connectivity index (χ0n) is 4.20. The molecule has 0 spiro atoms. The molecule has 0 fully saturated rings. The minimum Gasteiger partial charge on any atom is -0.368 e. The second kappa shape index (κ2) is 2.17. The summed E-state index contributed by atoms with van der Waals surface area (Å²) >= 11 is 1.45. The monoisotopic (exact) mass is 130 g/mol. The number of nitrogens with zero attached hydrogens (tertiary/aromatic N) is 1. The first kappa shape index (κ1) is 5.62. The predicted octanol–water partition coefficient (Wildman–Crippen LogP) is -0.385. The van der Waals surface area contributed by atoms with Gasteiger partial charge in [-0.15, -0.1) is 11.8 Å². The number of amides is 1. The summed E-state index contributed by atoms with van der Waals surface area (Å²) in [5, 5.41) is -0.171. The van der Waals surface area contributed by atoms with Crippen LogP contribution in [-0.2, 0) is 4.79 Å². The van der Waals surface area contributed by atoms with Crippen LogP contribution in [0.15, 0.2) is 4.99 Å². The third-order valence-corrected chi connectivity index (χ3v) is 1.86. The van der Waals surface area contributed by atoms with Crippen LogP contribution in [0, 0.1) is 0 Å². The normalized spacial score (nSPS) is 26.2. The quantitative estimate of drug-likeness (QED) is 0.526. The zero-order chi connectivity index (χ0) is 5.98. The Morgan fingerprint density at radius 1 is 2.00 bits per heavy atom. The summed E-state index contributed by atoms with van der Waals surface area (Å²) in [5.41, 5.74) is 4.95. The highest BCUT2D eigenvalue weighted by atomic mass is 32.2. The van der Waals surface area contributed by atoms with Crippen molar-refractivity contribution in [1.29, 1.82) is 0 Å². The van der Waals surface area contributed by atoms with Gasteiger partial charge >= 0.3 is 0 Å². The van der Waals surface area contributed by atoms with E-state index in [-0.39, 0.29) is 11.2 Å². The first-order valence-electron chi connectivity index (χ1n) is 2.21. The maximum atomic E-state index is 10.3. The molecule has 2 N–H and O–H groups in total. The molecule has 0 bridgehead atoms. The van der Waals surface area contributed by atoms with Crippen LogP contribution in [0.3, 0.4) is 0 Å². The van der Waals surface area contributed by atoms with Gasteiger partial charge in [0.1, 0.15) is 5.25 Å². The molecule has 4 heteroatoms. The van der Waals surface area contributed by atoms with Crippen LogP contribution < -0.4 is 5.73 Å². The van der Waals surface area contributed by atoms with Gasteiger partial charge in [0, 0.05) is 6.21 Å². The molecule has 0 aromatic carbocycles. The van der Waals surface area contributed by atoms with E-state index in [2.05, 4.69) is 4.99 Å². The summed E-state index contributed by atoms with van der Waals surface area (Å²) in [6.45, 7) is 0. The van der Waals surface area contributed by atoms with Crippen LogP contribution in [0.5, 0.6) is 0 Å². The Bertz CT molecular complexity index is 134. The molecule has 0 aromatic rings. The van der Waals surface area contributed by atoms with E-state index in [1.807, 2.05) is 0 Å². The van der Waals surface area contributed by atoms with Gasteiger partial charge in [0.25, 0.3) is 0 Å². The van der Waals surface area contributed by atoms with Crippen molar-refractivity contribution in [2.75, 3.05) is 5.88 Å². The molecule has 44 valence electrons. The standard InChI is InChI=1S/C4H6N2OS/c5-4(7)3-1-6-2-8-3/h1,3H,2H2,(H2,5,7). The van der Waals surface area contributed by atoms with Gasteiger partial charge in [-0.05, 0) is 0 Å². The molecule has 1 aliphatic rings. The lowest BCUT2D eigenvalue weighted by Crippen LogP contribution is -2.24. The van der Waals surface area contributed by atoms with E-state index in [4.69, 9.17) is 5.73 Å². The Balaban J connectivity index is 2.48. The third-order valence-electron chi connectivity index (χ3n) is 0.850. The number of thioether (sulfide) groups is 1. The van der Waals surface area contributed by atoms with Crippen LogP contribution in [0.25, 0.3) is 0 Å². The molecule has 1 heterocycles. The maximum absolute atomic E-state index is 10.3. The van der Waals surface area contributed by atoms with E-state index in [1.54, 1.807) is 6.21 Å². The number of rotatable bonds is 1. The van der Waals surface area contributed by atoms with Crippen LogP contribution in [0.4, 0.5) is 0 Å². The van der Waals surface area contributed by atoms with Crippen LogP contribution in [0.1, 0.15) is 0 Å². The number of nitrogens with two attached hydrogens (primary N) is 1. The summed E-state index contributed by atoms with van der Waals surface area (Å²) in [6, 6.07) is 0. The number of primary amides is 1. The van der Waals surface area contributed by atoms with Crippen LogP contribution in [-0.4, -0.2) is 23.2 Å². The predicted molar refractivity (Wildman–Crippen MR) is 33.9 cm³/mol. The fourth-order valence-electron chi connectivity index (χ4n) is 0.461. The molecule has 1 amide bonds. The van der Waals surface area contributed by atoms with Gasteiger partial charge in [-0.25, -0.2) is 0 Å². The van der Waals surface area contributed by atoms with E-state index in [0.717, 1.165) is 0 Å². The fourth-order valence-corrected chi connectivity index (χ4v) is 1.13. The van der Waals surface area contributed by atoms with Crippen molar-refractivity contribution in [2.45, 2.75) is 5.25 Å². The lowest BCUT2D eigenvalue weighted by Gasteiger charge is -1.94. The second-order valence-electron chi connectivity index (χ2n) is 1.45. The van der Waals surface area contributed by atoms with Crippen molar-refractivity contribution in [3.63, 3.8) is 0 Å². The molecule has 0 saturated heterocycles. The van der Waals surface area contributed by atoms with Gasteiger partial charge in [0.15, 0.2) is 0 Å². The van der Waals surface area contributed by atoms with E-state index in [9.17, 15) is 4.79 Å².